The molecule has 2 aromatic rings. The number of ether oxygens (including phenoxy) is 1. The maximum atomic E-state index is 5.99. The van der Waals surface area contributed by atoms with E-state index in [4.69, 9.17) is 4.74 Å². The lowest BCUT2D eigenvalue weighted by Crippen LogP contribution is -2.44. The summed E-state index contributed by atoms with van der Waals surface area (Å²) in [6, 6.07) is 6.23. The molecule has 122 valence electrons. The molecule has 0 aliphatic carbocycles. The third-order valence-electron chi connectivity index (χ3n) is 4.73. The number of aryl methyl sites for hydroxylation is 1. The normalized spacial score (nSPS) is 18.4. The van der Waals surface area contributed by atoms with Crippen molar-refractivity contribution in [2.75, 3.05) is 51.2 Å². The van der Waals surface area contributed by atoms with Gasteiger partial charge in [-0.05, 0) is 36.6 Å². The molecule has 0 amide bonds. The van der Waals surface area contributed by atoms with E-state index in [0.29, 0.717) is 0 Å². The number of nitrogens with one attached hydrogen (secondary N) is 2. The second kappa shape index (κ2) is 6.72. The van der Waals surface area contributed by atoms with Crippen LogP contribution >= 0.6 is 0 Å². The molecule has 0 spiro atoms. The molecule has 0 saturated carbocycles. The minimum absolute atomic E-state index is 0.737. The van der Waals surface area contributed by atoms with Crippen LogP contribution in [0.25, 0.3) is 10.9 Å². The highest BCUT2D eigenvalue weighted by molar-refractivity contribution is 5.94. The first kappa shape index (κ1) is 14.7. The summed E-state index contributed by atoms with van der Waals surface area (Å²) >= 11 is 0. The van der Waals surface area contributed by atoms with Crippen LogP contribution in [0, 0.1) is 0 Å². The third-order valence-corrected chi connectivity index (χ3v) is 4.73. The summed E-state index contributed by atoms with van der Waals surface area (Å²) in [6.45, 7) is 7.16. The predicted molar refractivity (Wildman–Crippen MR) is 93.4 cm³/mol. The fourth-order valence-electron chi connectivity index (χ4n) is 3.42. The van der Waals surface area contributed by atoms with Crippen LogP contribution in [0.3, 0.4) is 0 Å². The minimum Gasteiger partial charge on any atom is -0.492 e. The molecule has 1 saturated heterocycles. The monoisotopic (exact) mass is 312 g/mol. The van der Waals surface area contributed by atoms with E-state index >= 15 is 0 Å². The molecule has 5 heteroatoms. The predicted octanol–water partition coefficient (Wildman–Crippen LogP) is 1.88. The number of fused-ring (bicyclic) bond motifs is 3. The van der Waals surface area contributed by atoms with Gasteiger partial charge in [-0.25, -0.2) is 0 Å². The van der Waals surface area contributed by atoms with Crippen LogP contribution < -0.4 is 15.4 Å². The van der Waals surface area contributed by atoms with Crippen molar-refractivity contribution in [2.45, 2.75) is 12.8 Å². The summed E-state index contributed by atoms with van der Waals surface area (Å²) < 4.78 is 5.99. The maximum absolute atomic E-state index is 5.99. The highest BCUT2D eigenvalue weighted by Gasteiger charge is 2.13. The number of pyridine rings is 1. The third kappa shape index (κ3) is 3.26. The van der Waals surface area contributed by atoms with Crippen molar-refractivity contribution in [1.29, 1.82) is 0 Å². The van der Waals surface area contributed by atoms with Crippen molar-refractivity contribution in [3.05, 3.63) is 30.0 Å². The van der Waals surface area contributed by atoms with Gasteiger partial charge < -0.3 is 15.4 Å². The quantitative estimate of drug-likeness (QED) is 0.903. The highest BCUT2D eigenvalue weighted by Crippen LogP contribution is 2.31. The lowest BCUT2D eigenvalue weighted by Gasteiger charge is -2.27. The lowest BCUT2D eigenvalue weighted by atomic mass is 10.0. The second-order valence-electron chi connectivity index (χ2n) is 6.31. The number of hydrogen-bond donors (Lipinski definition) is 2. The van der Waals surface area contributed by atoms with E-state index in [1.54, 1.807) is 0 Å². The molecule has 3 heterocycles. The maximum Gasteiger partial charge on any atom is 0.120 e. The molecule has 1 fully saturated rings. The lowest BCUT2D eigenvalue weighted by molar-refractivity contribution is 0.191. The average molecular weight is 312 g/mol. The van der Waals surface area contributed by atoms with Crippen molar-refractivity contribution in [3.63, 3.8) is 0 Å². The molecule has 1 aromatic heterocycles. The van der Waals surface area contributed by atoms with Crippen LogP contribution in [0.1, 0.15) is 12.0 Å². The van der Waals surface area contributed by atoms with Gasteiger partial charge in [-0.2, -0.15) is 0 Å². The molecular weight excluding hydrogens is 288 g/mol. The Kier molecular flexibility index (Phi) is 4.30. The van der Waals surface area contributed by atoms with Crippen LogP contribution in [-0.2, 0) is 6.42 Å². The number of piperazine rings is 1. The van der Waals surface area contributed by atoms with Crippen LogP contribution in [0.15, 0.2) is 24.4 Å². The molecule has 2 aliphatic rings. The van der Waals surface area contributed by atoms with Crippen molar-refractivity contribution in [1.82, 2.24) is 15.2 Å². The van der Waals surface area contributed by atoms with Crippen LogP contribution in [-0.4, -0.2) is 55.8 Å². The van der Waals surface area contributed by atoms with Crippen molar-refractivity contribution in [2.24, 2.45) is 0 Å². The summed E-state index contributed by atoms with van der Waals surface area (Å²) in [5, 5.41) is 8.09. The van der Waals surface area contributed by atoms with Gasteiger partial charge in [0, 0.05) is 56.5 Å². The number of rotatable bonds is 4. The van der Waals surface area contributed by atoms with E-state index in [1.165, 1.54) is 23.1 Å². The minimum atomic E-state index is 0.737. The zero-order valence-electron chi connectivity index (χ0n) is 13.5. The summed E-state index contributed by atoms with van der Waals surface area (Å²) in [5.74, 6) is 0.940. The fourth-order valence-corrected chi connectivity index (χ4v) is 3.42. The van der Waals surface area contributed by atoms with Gasteiger partial charge >= 0.3 is 0 Å². The van der Waals surface area contributed by atoms with Crippen LogP contribution in [0.2, 0.25) is 0 Å². The van der Waals surface area contributed by atoms with Crippen LogP contribution in [0.5, 0.6) is 5.75 Å². The van der Waals surface area contributed by atoms with Gasteiger partial charge in [0.2, 0.25) is 0 Å². The molecule has 23 heavy (non-hydrogen) atoms. The van der Waals surface area contributed by atoms with E-state index < -0.39 is 0 Å². The Labute approximate surface area is 137 Å². The summed E-state index contributed by atoms with van der Waals surface area (Å²) in [6.07, 6.45) is 4.30. The van der Waals surface area contributed by atoms with Crippen molar-refractivity contribution >= 4 is 16.6 Å². The van der Waals surface area contributed by atoms with Gasteiger partial charge in [-0.1, -0.05) is 0 Å². The Bertz CT molecular complexity index is 682. The molecule has 1 aromatic carbocycles. The first-order valence-electron chi connectivity index (χ1n) is 8.61. The summed E-state index contributed by atoms with van der Waals surface area (Å²) in [5.41, 5.74) is 3.60. The molecule has 5 nitrogen and oxygen atoms in total. The Morgan fingerprint density at radius 2 is 2.09 bits per heavy atom. The highest BCUT2D eigenvalue weighted by atomic mass is 16.5. The zero-order chi connectivity index (χ0) is 15.5. The zero-order valence-corrected chi connectivity index (χ0v) is 13.5. The Morgan fingerprint density at radius 1 is 1.17 bits per heavy atom. The molecular formula is C18H24N4O. The number of hydrogen-bond acceptors (Lipinski definition) is 5. The van der Waals surface area contributed by atoms with Gasteiger partial charge in [0.05, 0.1) is 5.52 Å². The molecule has 0 radical (unpaired) electrons. The Balaban J connectivity index is 1.47. The Morgan fingerprint density at radius 3 is 3.00 bits per heavy atom. The summed E-state index contributed by atoms with van der Waals surface area (Å²) in [4.78, 5) is 7.03. The van der Waals surface area contributed by atoms with Gasteiger partial charge in [0.15, 0.2) is 0 Å². The first-order valence-corrected chi connectivity index (χ1v) is 8.61. The van der Waals surface area contributed by atoms with E-state index in [1.807, 2.05) is 12.3 Å². The van der Waals surface area contributed by atoms with Gasteiger partial charge in [0.25, 0.3) is 0 Å². The SMILES string of the molecule is c1cc2ncc3c(c2cc1OCCN1CCNCC1)NCCC3. The van der Waals surface area contributed by atoms with E-state index in [9.17, 15) is 0 Å². The van der Waals surface area contributed by atoms with E-state index in [-0.39, 0.29) is 0 Å². The van der Waals surface area contributed by atoms with E-state index in [0.717, 1.165) is 63.6 Å². The van der Waals surface area contributed by atoms with Crippen molar-refractivity contribution in [3.8, 4) is 5.75 Å². The van der Waals surface area contributed by atoms with Gasteiger partial charge in [-0.3, -0.25) is 9.88 Å². The van der Waals surface area contributed by atoms with Gasteiger partial charge in [0.1, 0.15) is 12.4 Å². The second-order valence-corrected chi connectivity index (χ2v) is 6.31. The molecule has 4 rings (SSSR count). The average Bonchev–Trinajstić information content (AvgIpc) is 2.62. The number of nitrogens with zero attached hydrogens (tertiary/aromatic N) is 2. The fraction of sp³-hybridized carbons (Fsp3) is 0.500. The molecule has 2 aliphatic heterocycles. The smallest absolute Gasteiger partial charge is 0.120 e. The first-order chi connectivity index (χ1) is 11.4. The van der Waals surface area contributed by atoms with Crippen LogP contribution in [0.4, 0.5) is 5.69 Å². The number of aromatic nitrogens is 1. The molecule has 0 bridgehead atoms. The number of benzene rings is 1. The van der Waals surface area contributed by atoms with Crippen molar-refractivity contribution < 1.29 is 4.74 Å². The Hall–Kier alpha value is -1.85. The largest absolute Gasteiger partial charge is 0.492 e. The topological polar surface area (TPSA) is 49.4 Å². The van der Waals surface area contributed by atoms with Gasteiger partial charge in [-0.15, -0.1) is 0 Å². The van der Waals surface area contributed by atoms with E-state index in [2.05, 4.69) is 32.7 Å². The number of anilines is 1. The molecule has 2 N–H and O–H groups in total. The molecule has 0 unspecified atom stereocenters. The summed E-state index contributed by atoms with van der Waals surface area (Å²) in [7, 11) is 0. The standard InChI is InChI=1S/C18H24N4O/c1-2-14-13-21-17-4-3-15(12-16(17)18(14)20-5-1)23-11-10-22-8-6-19-7-9-22/h3-4,12-13,19-20H,1-2,5-11H2. The molecule has 0 atom stereocenters.